The second-order valence-corrected chi connectivity index (χ2v) is 7.18. The van der Waals surface area contributed by atoms with Crippen LogP contribution in [-0.2, 0) is 6.54 Å². The summed E-state index contributed by atoms with van der Waals surface area (Å²) < 4.78 is 0. The quantitative estimate of drug-likeness (QED) is 0.705. The fourth-order valence-corrected chi connectivity index (χ4v) is 4.16. The van der Waals surface area contributed by atoms with Gasteiger partial charge in [0.15, 0.2) is 0 Å². The Kier molecular flexibility index (Phi) is 5.88. The van der Waals surface area contributed by atoms with E-state index in [-0.39, 0.29) is 18.3 Å². The van der Waals surface area contributed by atoms with Crippen LogP contribution in [0.5, 0.6) is 0 Å². The van der Waals surface area contributed by atoms with Gasteiger partial charge in [-0.05, 0) is 55.0 Å². The molecule has 0 radical (unpaired) electrons. The number of aryl methyl sites for hydroxylation is 1. The van der Waals surface area contributed by atoms with Crippen molar-refractivity contribution in [1.82, 2.24) is 9.88 Å². The SMILES string of the molecule is Cc1[nH]c2ccccc2c1C1CCN(C(=O)c2ccc(CN)cc2)CC1.Cl. The molecule has 2 heterocycles. The van der Waals surface area contributed by atoms with Crippen LogP contribution in [-0.4, -0.2) is 28.9 Å². The zero-order valence-corrected chi connectivity index (χ0v) is 16.4. The van der Waals surface area contributed by atoms with Gasteiger partial charge in [0, 0.05) is 41.8 Å². The van der Waals surface area contributed by atoms with E-state index < -0.39 is 0 Å². The minimum Gasteiger partial charge on any atom is -0.358 e. The molecule has 4 rings (SSSR count). The van der Waals surface area contributed by atoms with Crippen molar-refractivity contribution in [2.75, 3.05) is 13.1 Å². The lowest BCUT2D eigenvalue weighted by Crippen LogP contribution is -2.38. The van der Waals surface area contributed by atoms with Crippen LogP contribution in [0.15, 0.2) is 48.5 Å². The largest absolute Gasteiger partial charge is 0.358 e. The number of halogens is 1. The number of aromatic amines is 1. The molecule has 27 heavy (non-hydrogen) atoms. The zero-order valence-electron chi connectivity index (χ0n) is 15.6. The third-order valence-corrected chi connectivity index (χ3v) is 5.57. The Morgan fingerprint density at radius 2 is 1.78 bits per heavy atom. The number of carbonyl (C=O) groups excluding carboxylic acids is 1. The predicted octanol–water partition coefficient (Wildman–Crippen LogP) is 4.38. The molecule has 0 atom stereocenters. The summed E-state index contributed by atoms with van der Waals surface area (Å²) >= 11 is 0. The van der Waals surface area contributed by atoms with Gasteiger partial charge in [-0.15, -0.1) is 12.4 Å². The number of amides is 1. The van der Waals surface area contributed by atoms with Crippen molar-refractivity contribution in [1.29, 1.82) is 0 Å². The van der Waals surface area contributed by atoms with Crippen molar-refractivity contribution in [2.45, 2.75) is 32.2 Å². The number of para-hydroxylation sites is 1. The molecule has 2 aromatic carbocycles. The van der Waals surface area contributed by atoms with Gasteiger partial charge in [-0.1, -0.05) is 30.3 Å². The standard InChI is InChI=1S/C22H25N3O.ClH/c1-15-21(19-4-2-3-5-20(19)24-15)17-10-12-25(13-11-17)22(26)18-8-6-16(14-23)7-9-18;/h2-9,17,24H,10-14,23H2,1H3;1H. The van der Waals surface area contributed by atoms with Crippen molar-refractivity contribution in [3.05, 3.63) is 70.9 Å². The van der Waals surface area contributed by atoms with Crippen LogP contribution in [0.2, 0.25) is 0 Å². The number of hydrogen-bond acceptors (Lipinski definition) is 2. The van der Waals surface area contributed by atoms with Crippen molar-refractivity contribution in [3.8, 4) is 0 Å². The lowest BCUT2D eigenvalue weighted by Gasteiger charge is -2.32. The molecule has 4 nitrogen and oxygen atoms in total. The maximum atomic E-state index is 12.8. The summed E-state index contributed by atoms with van der Waals surface area (Å²) in [6.45, 7) is 4.28. The molecule has 0 saturated carbocycles. The van der Waals surface area contributed by atoms with Crippen molar-refractivity contribution < 1.29 is 4.79 Å². The van der Waals surface area contributed by atoms with Gasteiger partial charge in [0.1, 0.15) is 0 Å². The number of benzene rings is 2. The van der Waals surface area contributed by atoms with E-state index in [1.807, 2.05) is 29.2 Å². The van der Waals surface area contributed by atoms with Crippen LogP contribution in [0, 0.1) is 6.92 Å². The number of hydrogen-bond donors (Lipinski definition) is 2. The van der Waals surface area contributed by atoms with Gasteiger partial charge in [0.05, 0.1) is 0 Å². The molecule has 1 aliphatic heterocycles. The van der Waals surface area contributed by atoms with E-state index in [9.17, 15) is 4.79 Å². The van der Waals surface area contributed by atoms with Crippen molar-refractivity contribution in [2.24, 2.45) is 5.73 Å². The van der Waals surface area contributed by atoms with E-state index in [1.54, 1.807) is 0 Å². The summed E-state index contributed by atoms with van der Waals surface area (Å²) in [6.07, 6.45) is 2.02. The minimum absolute atomic E-state index is 0. The molecule has 1 aliphatic rings. The Balaban J connectivity index is 0.00000210. The number of H-pyrrole nitrogens is 1. The Morgan fingerprint density at radius 3 is 2.44 bits per heavy atom. The van der Waals surface area contributed by atoms with Gasteiger partial charge in [0.25, 0.3) is 5.91 Å². The summed E-state index contributed by atoms with van der Waals surface area (Å²) in [4.78, 5) is 18.2. The van der Waals surface area contributed by atoms with E-state index >= 15 is 0 Å². The van der Waals surface area contributed by atoms with Gasteiger partial charge in [0.2, 0.25) is 0 Å². The van der Waals surface area contributed by atoms with Gasteiger partial charge in [-0.25, -0.2) is 0 Å². The Hall–Kier alpha value is -2.30. The zero-order chi connectivity index (χ0) is 18.1. The van der Waals surface area contributed by atoms with E-state index in [0.717, 1.165) is 37.1 Å². The molecular weight excluding hydrogens is 358 g/mol. The first kappa shape index (κ1) is 19.5. The average Bonchev–Trinajstić information content (AvgIpc) is 3.03. The monoisotopic (exact) mass is 383 g/mol. The molecular formula is C22H26ClN3O. The maximum absolute atomic E-state index is 12.8. The molecule has 0 bridgehead atoms. The summed E-state index contributed by atoms with van der Waals surface area (Å²) in [7, 11) is 0. The highest BCUT2D eigenvalue weighted by Crippen LogP contribution is 2.35. The number of rotatable bonds is 3. The summed E-state index contributed by atoms with van der Waals surface area (Å²) in [5.41, 5.74) is 11.3. The normalized spacial score (nSPS) is 15.0. The van der Waals surface area contributed by atoms with Gasteiger partial charge < -0.3 is 15.6 Å². The molecule has 1 aromatic heterocycles. The molecule has 142 valence electrons. The second-order valence-electron chi connectivity index (χ2n) is 7.18. The fourth-order valence-electron chi connectivity index (χ4n) is 4.16. The molecule has 1 saturated heterocycles. The first-order valence-electron chi connectivity index (χ1n) is 9.33. The van der Waals surface area contributed by atoms with E-state index in [0.29, 0.717) is 12.5 Å². The summed E-state index contributed by atoms with van der Waals surface area (Å²) in [5.74, 6) is 0.637. The van der Waals surface area contributed by atoms with Crippen LogP contribution in [0.25, 0.3) is 10.9 Å². The van der Waals surface area contributed by atoms with Crippen LogP contribution >= 0.6 is 12.4 Å². The topological polar surface area (TPSA) is 62.1 Å². The number of nitrogens with zero attached hydrogens (tertiary/aromatic N) is 1. The predicted molar refractivity (Wildman–Crippen MR) is 112 cm³/mol. The van der Waals surface area contributed by atoms with Crippen LogP contribution < -0.4 is 5.73 Å². The number of carbonyl (C=O) groups is 1. The first-order valence-corrected chi connectivity index (χ1v) is 9.33. The number of fused-ring (bicyclic) bond motifs is 1. The van der Waals surface area contributed by atoms with E-state index in [2.05, 4.69) is 36.2 Å². The lowest BCUT2D eigenvalue weighted by molar-refractivity contribution is 0.0713. The summed E-state index contributed by atoms with van der Waals surface area (Å²) in [6, 6.07) is 16.2. The smallest absolute Gasteiger partial charge is 0.253 e. The van der Waals surface area contributed by atoms with Gasteiger partial charge in [-0.2, -0.15) is 0 Å². The molecule has 1 amide bonds. The molecule has 0 aliphatic carbocycles. The number of aromatic nitrogens is 1. The highest BCUT2D eigenvalue weighted by molar-refractivity contribution is 5.94. The third kappa shape index (κ3) is 3.73. The molecule has 3 aromatic rings. The molecule has 3 N–H and O–H groups in total. The van der Waals surface area contributed by atoms with E-state index in [1.165, 1.54) is 22.2 Å². The molecule has 0 spiro atoms. The Bertz CT molecular complexity index is 924. The minimum atomic E-state index is 0. The van der Waals surface area contributed by atoms with Crippen LogP contribution in [0.3, 0.4) is 0 Å². The highest BCUT2D eigenvalue weighted by atomic mass is 35.5. The van der Waals surface area contributed by atoms with Crippen LogP contribution in [0.4, 0.5) is 0 Å². The first-order chi connectivity index (χ1) is 12.7. The number of nitrogens with two attached hydrogens (primary N) is 1. The molecule has 1 fully saturated rings. The highest BCUT2D eigenvalue weighted by Gasteiger charge is 2.27. The molecule has 0 unspecified atom stereocenters. The molecule has 5 heteroatoms. The summed E-state index contributed by atoms with van der Waals surface area (Å²) in [5, 5.41) is 1.33. The van der Waals surface area contributed by atoms with E-state index in [4.69, 9.17) is 5.73 Å². The fraction of sp³-hybridized carbons (Fsp3) is 0.318. The number of likely N-dealkylation sites (tertiary alicyclic amines) is 1. The average molecular weight is 384 g/mol. The Labute approximate surface area is 166 Å². The second kappa shape index (κ2) is 8.15. The number of nitrogens with one attached hydrogen (secondary N) is 1. The third-order valence-electron chi connectivity index (χ3n) is 5.57. The van der Waals surface area contributed by atoms with Gasteiger partial charge >= 0.3 is 0 Å². The van der Waals surface area contributed by atoms with Crippen LogP contribution in [0.1, 0.15) is 45.9 Å². The van der Waals surface area contributed by atoms with Crippen molar-refractivity contribution in [3.63, 3.8) is 0 Å². The van der Waals surface area contributed by atoms with Crippen molar-refractivity contribution >= 4 is 29.2 Å². The lowest BCUT2D eigenvalue weighted by atomic mass is 9.87. The number of piperidine rings is 1. The van der Waals surface area contributed by atoms with Gasteiger partial charge in [-0.3, -0.25) is 4.79 Å². The maximum Gasteiger partial charge on any atom is 0.253 e. The Morgan fingerprint density at radius 1 is 1.11 bits per heavy atom.